The average Bonchev–Trinajstić information content (AvgIpc) is 3.18. The van der Waals surface area contributed by atoms with Crippen LogP contribution in [0, 0.1) is 0 Å². The Balaban J connectivity index is 1.43. The fourth-order valence-corrected chi connectivity index (χ4v) is 3.07. The van der Waals surface area contributed by atoms with Gasteiger partial charge < -0.3 is 19.5 Å². The van der Waals surface area contributed by atoms with E-state index in [1.54, 1.807) is 12.1 Å². The Morgan fingerprint density at radius 1 is 1.10 bits per heavy atom. The molecule has 0 saturated heterocycles. The summed E-state index contributed by atoms with van der Waals surface area (Å²) in [6, 6.07) is 13.3. The van der Waals surface area contributed by atoms with Crippen LogP contribution in [0.15, 0.2) is 42.5 Å². The number of methoxy groups -OCH3 is 1. The maximum atomic E-state index is 12.4. The highest BCUT2D eigenvalue weighted by Crippen LogP contribution is 2.40. The topological polar surface area (TPSA) is 77.1 Å². The number of nitrogens with one attached hydrogen (secondary N) is 1. The van der Waals surface area contributed by atoms with Gasteiger partial charge >= 0.3 is 0 Å². The van der Waals surface area contributed by atoms with E-state index in [-0.39, 0.29) is 25.0 Å². The minimum absolute atomic E-state index is 0.150. The lowest BCUT2D eigenvalue weighted by Gasteiger charge is -2.17. The smallest absolute Gasteiger partial charge is 0.238 e. The first-order valence-corrected chi connectivity index (χ1v) is 9.57. The molecule has 1 N–H and O–H groups in total. The van der Waals surface area contributed by atoms with E-state index < -0.39 is 0 Å². The highest BCUT2D eigenvalue weighted by atomic mass is 16.7. The number of anilines is 1. The molecule has 154 valence electrons. The zero-order valence-electron chi connectivity index (χ0n) is 16.8. The molecule has 0 atom stereocenters. The summed E-state index contributed by atoms with van der Waals surface area (Å²) >= 11 is 0. The monoisotopic (exact) mass is 398 g/mol. The van der Waals surface area contributed by atoms with E-state index in [1.807, 2.05) is 42.3 Å². The lowest BCUT2D eigenvalue weighted by molar-refractivity contribution is -0.120. The molecule has 2 aromatic carbocycles. The van der Waals surface area contributed by atoms with Gasteiger partial charge in [0.15, 0.2) is 11.5 Å². The van der Waals surface area contributed by atoms with Crippen LogP contribution in [0.2, 0.25) is 0 Å². The van der Waals surface area contributed by atoms with Crippen molar-refractivity contribution >= 4 is 17.4 Å². The van der Waals surface area contributed by atoms with E-state index in [4.69, 9.17) is 14.2 Å². The second-order valence-electron chi connectivity index (χ2n) is 6.97. The molecule has 7 heteroatoms. The Bertz CT molecular complexity index is 854. The molecule has 1 aliphatic rings. The van der Waals surface area contributed by atoms with E-state index in [1.165, 1.54) is 7.11 Å². The number of hydrogen-bond donors (Lipinski definition) is 1. The summed E-state index contributed by atoms with van der Waals surface area (Å²) in [6.45, 7) is 0.847. The van der Waals surface area contributed by atoms with Gasteiger partial charge in [0.25, 0.3) is 0 Å². The lowest BCUT2D eigenvalue weighted by Crippen LogP contribution is -2.31. The van der Waals surface area contributed by atoms with Gasteiger partial charge in [-0.15, -0.1) is 0 Å². The summed E-state index contributed by atoms with van der Waals surface area (Å²) in [5.41, 5.74) is 1.68. The molecule has 0 radical (unpaired) electrons. The summed E-state index contributed by atoms with van der Waals surface area (Å²) in [6.07, 6.45) is 1.68. The maximum absolute atomic E-state index is 12.4. The fraction of sp³-hybridized carbons (Fsp3) is 0.364. The maximum Gasteiger partial charge on any atom is 0.238 e. The zero-order chi connectivity index (χ0) is 20.6. The first-order chi connectivity index (χ1) is 14.0. The van der Waals surface area contributed by atoms with Crippen molar-refractivity contribution in [2.24, 2.45) is 0 Å². The predicted molar refractivity (Wildman–Crippen MR) is 110 cm³/mol. The molecule has 0 fully saturated rings. The second-order valence-corrected chi connectivity index (χ2v) is 6.97. The third-order valence-corrected chi connectivity index (χ3v) is 4.69. The number of carbonyl (C=O) groups excluding carboxylic acids is 2. The summed E-state index contributed by atoms with van der Waals surface area (Å²) < 4.78 is 16.0. The molecule has 0 aliphatic carbocycles. The summed E-state index contributed by atoms with van der Waals surface area (Å²) in [5, 5.41) is 2.83. The van der Waals surface area contributed by atoms with Crippen molar-refractivity contribution in [1.29, 1.82) is 0 Å². The second kappa shape index (κ2) is 9.93. The van der Waals surface area contributed by atoms with E-state index in [0.29, 0.717) is 42.3 Å². The quantitative estimate of drug-likeness (QED) is 0.663. The van der Waals surface area contributed by atoms with Crippen LogP contribution in [0.25, 0.3) is 0 Å². The van der Waals surface area contributed by atoms with Crippen LogP contribution in [-0.2, 0) is 16.0 Å². The number of carbonyl (C=O) groups is 2. The van der Waals surface area contributed by atoms with Crippen LogP contribution in [-0.4, -0.2) is 50.6 Å². The first-order valence-electron chi connectivity index (χ1n) is 9.57. The van der Waals surface area contributed by atoms with Crippen LogP contribution in [0.1, 0.15) is 18.4 Å². The van der Waals surface area contributed by atoms with Crippen LogP contribution in [0.3, 0.4) is 0 Å². The van der Waals surface area contributed by atoms with Gasteiger partial charge in [-0.3, -0.25) is 14.5 Å². The molecule has 3 rings (SSSR count). The number of Topliss-reactive ketones (excluding diaryl/α,β-unsaturated/α-hetero) is 1. The molecule has 0 spiro atoms. The van der Waals surface area contributed by atoms with Crippen molar-refractivity contribution in [2.75, 3.05) is 39.4 Å². The van der Waals surface area contributed by atoms with Gasteiger partial charge in [0.1, 0.15) is 11.5 Å². The molecule has 0 aromatic heterocycles. The van der Waals surface area contributed by atoms with E-state index in [9.17, 15) is 9.59 Å². The van der Waals surface area contributed by atoms with Gasteiger partial charge in [0.05, 0.1) is 19.3 Å². The predicted octanol–water partition coefficient (Wildman–Crippen LogP) is 2.89. The van der Waals surface area contributed by atoms with Crippen LogP contribution >= 0.6 is 0 Å². The molecule has 0 saturated carbocycles. The first kappa shape index (κ1) is 20.7. The fourth-order valence-electron chi connectivity index (χ4n) is 3.07. The summed E-state index contributed by atoms with van der Waals surface area (Å²) in [4.78, 5) is 26.3. The minimum atomic E-state index is -0.193. The molecule has 1 aliphatic heterocycles. The van der Waals surface area contributed by atoms with Crippen molar-refractivity contribution in [3.8, 4) is 17.2 Å². The highest BCUT2D eigenvalue weighted by Gasteiger charge is 2.19. The number of aryl methyl sites for hydroxylation is 1. The van der Waals surface area contributed by atoms with Gasteiger partial charge in [0, 0.05) is 31.5 Å². The van der Waals surface area contributed by atoms with Crippen LogP contribution in [0.4, 0.5) is 5.69 Å². The van der Waals surface area contributed by atoms with Gasteiger partial charge in [0.2, 0.25) is 12.7 Å². The van der Waals surface area contributed by atoms with Crippen molar-refractivity contribution < 1.29 is 23.8 Å². The van der Waals surface area contributed by atoms with Crippen molar-refractivity contribution in [3.05, 3.63) is 48.0 Å². The minimum Gasteiger partial charge on any atom is -0.494 e. The summed E-state index contributed by atoms with van der Waals surface area (Å²) in [5.74, 6) is 1.66. The highest BCUT2D eigenvalue weighted by molar-refractivity contribution is 5.94. The number of rotatable bonds is 10. The average molecular weight is 398 g/mol. The van der Waals surface area contributed by atoms with Gasteiger partial charge in [-0.25, -0.2) is 0 Å². The Morgan fingerprint density at radius 2 is 1.83 bits per heavy atom. The molecule has 1 amide bonds. The van der Waals surface area contributed by atoms with E-state index in [0.717, 1.165) is 12.0 Å². The molecular formula is C22H26N2O5. The third kappa shape index (κ3) is 5.96. The Kier molecular flexibility index (Phi) is 7.08. The van der Waals surface area contributed by atoms with Gasteiger partial charge in [-0.05, 0) is 19.0 Å². The number of ether oxygens (including phenoxy) is 3. The number of benzene rings is 2. The number of amides is 1. The van der Waals surface area contributed by atoms with Crippen LogP contribution in [0.5, 0.6) is 17.2 Å². The van der Waals surface area contributed by atoms with Crippen molar-refractivity contribution in [3.63, 3.8) is 0 Å². The van der Waals surface area contributed by atoms with Crippen molar-refractivity contribution in [2.45, 2.75) is 19.3 Å². The lowest BCUT2D eigenvalue weighted by atomic mass is 10.1. The molecule has 2 aromatic rings. The normalized spacial score (nSPS) is 12.1. The van der Waals surface area contributed by atoms with E-state index in [2.05, 4.69) is 5.32 Å². The molecule has 7 nitrogen and oxygen atoms in total. The van der Waals surface area contributed by atoms with Crippen LogP contribution < -0.4 is 19.5 Å². The largest absolute Gasteiger partial charge is 0.494 e. The zero-order valence-corrected chi connectivity index (χ0v) is 16.8. The Hall–Kier alpha value is -3.06. The number of nitrogens with zero attached hydrogens (tertiary/aromatic N) is 1. The number of ketones is 1. The van der Waals surface area contributed by atoms with Gasteiger partial charge in [-0.1, -0.05) is 30.3 Å². The SMILES string of the molecule is COc1cc2c(cc1NC(=O)CN(C)CCC(=O)CCc1ccccc1)OCO2. The van der Waals surface area contributed by atoms with Crippen molar-refractivity contribution in [1.82, 2.24) is 4.90 Å². The third-order valence-electron chi connectivity index (χ3n) is 4.69. The molecular weight excluding hydrogens is 372 g/mol. The molecule has 0 bridgehead atoms. The summed E-state index contributed by atoms with van der Waals surface area (Å²) in [7, 11) is 3.35. The van der Waals surface area contributed by atoms with Gasteiger partial charge in [-0.2, -0.15) is 0 Å². The number of hydrogen-bond acceptors (Lipinski definition) is 6. The number of likely N-dealkylation sites (N-methyl/N-ethyl adjacent to an activating group) is 1. The Labute approximate surface area is 170 Å². The standard InChI is InChI=1S/C22H26N2O5/c1-24(11-10-17(25)9-8-16-6-4-3-5-7-16)14-22(26)23-18-12-20-21(29-15-28-20)13-19(18)27-2/h3-7,12-13H,8-11,14-15H2,1-2H3,(H,23,26). The van der Waals surface area contributed by atoms with E-state index >= 15 is 0 Å². The number of fused-ring (bicyclic) bond motifs is 1. The molecule has 0 unspecified atom stereocenters. The Morgan fingerprint density at radius 3 is 2.55 bits per heavy atom. The molecule has 29 heavy (non-hydrogen) atoms. The molecule has 1 heterocycles.